The van der Waals surface area contributed by atoms with Crippen LogP contribution >= 0.6 is 27.3 Å². The Morgan fingerprint density at radius 2 is 2.07 bits per heavy atom. The van der Waals surface area contributed by atoms with Gasteiger partial charge in [0.1, 0.15) is 0 Å². The first-order valence-corrected chi connectivity index (χ1v) is 5.67. The van der Waals surface area contributed by atoms with Crippen LogP contribution in [0.1, 0.15) is 16.9 Å². The minimum Gasteiger partial charge on any atom is -0.204 e. The molecule has 0 aliphatic carbocycles. The maximum Gasteiger partial charge on any atom is 0.273 e. The Morgan fingerprint density at radius 3 is 2.71 bits per heavy atom. The predicted molar refractivity (Wildman–Crippen MR) is 59.2 cm³/mol. The summed E-state index contributed by atoms with van der Waals surface area (Å²) in [5.41, 5.74) is 0.696. The second-order valence-corrected chi connectivity index (χ2v) is 5.03. The fourth-order valence-electron chi connectivity index (χ4n) is 1.42. The van der Waals surface area contributed by atoms with E-state index >= 15 is 0 Å². The molecule has 2 aromatic rings. The van der Waals surface area contributed by atoms with Crippen LogP contribution in [0, 0.1) is 6.92 Å². The largest absolute Gasteiger partial charge is 0.273 e. The standard InChI is InChI=1S/C10H7BrF2S/c1-5-7-4-6(11)2-3-8(7)14-9(5)10(12)13/h2-4,10H,1H3. The van der Waals surface area contributed by atoms with Crippen LogP contribution < -0.4 is 0 Å². The molecule has 0 fully saturated rings. The Bertz CT molecular complexity index is 476. The molecule has 0 unspecified atom stereocenters. The van der Waals surface area contributed by atoms with Crippen LogP contribution in [-0.4, -0.2) is 0 Å². The topological polar surface area (TPSA) is 0 Å². The van der Waals surface area contributed by atoms with Gasteiger partial charge in [-0.25, -0.2) is 8.78 Å². The number of halogens is 3. The molecule has 1 heterocycles. The number of alkyl halides is 2. The summed E-state index contributed by atoms with van der Waals surface area (Å²) < 4.78 is 27.0. The van der Waals surface area contributed by atoms with Crippen molar-refractivity contribution in [1.82, 2.24) is 0 Å². The van der Waals surface area contributed by atoms with Crippen LogP contribution in [0.3, 0.4) is 0 Å². The molecule has 0 nitrogen and oxygen atoms in total. The quantitative estimate of drug-likeness (QED) is 0.694. The van der Waals surface area contributed by atoms with Crippen molar-refractivity contribution in [3.63, 3.8) is 0 Å². The maximum absolute atomic E-state index is 12.6. The first-order valence-electron chi connectivity index (χ1n) is 4.06. The molecule has 0 aliphatic rings. The van der Waals surface area contributed by atoms with E-state index in [1.165, 1.54) is 11.3 Å². The van der Waals surface area contributed by atoms with Crippen LogP contribution in [0.5, 0.6) is 0 Å². The smallest absolute Gasteiger partial charge is 0.204 e. The van der Waals surface area contributed by atoms with Crippen molar-refractivity contribution >= 4 is 37.4 Å². The SMILES string of the molecule is Cc1c(C(F)F)sc2ccc(Br)cc12. The highest BCUT2D eigenvalue weighted by Gasteiger charge is 2.16. The Hall–Kier alpha value is -0.480. The van der Waals surface area contributed by atoms with Crippen LogP contribution in [-0.2, 0) is 0 Å². The molecule has 1 aromatic carbocycles. The molecule has 0 radical (unpaired) electrons. The fraction of sp³-hybridized carbons (Fsp3) is 0.200. The molecule has 0 aliphatic heterocycles. The minimum atomic E-state index is -2.37. The molecular formula is C10H7BrF2S. The Morgan fingerprint density at radius 1 is 1.36 bits per heavy atom. The Balaban J connectivity index is 2.74. The summed E-state index contributed by atoms with van der Waals surface area (Å²) >= 11 is 4.50. The Labute approximate surface area is 92.7 Å². The third-order valence-corrected chi connectivity index (χ3v) is 3.91. The lowest BCUT2D eigenvalue weighted by molar-refractivity contribution is 0.155. The molecule has 0 spiro atoms. The number of thiophene rings is 1. The van der Waals surface area contributed by atoms with Gasteiger partial charge in [0.15, 0.2) is 0 Å². The van der Waals surface area contributed by atoms with Crippen molar-refractivity contribution in [3.8, 4) is 0 Å². The van der Waals surface area contributed by atoms with Crippen LogP contribution in [0.15, 0.2) is 22.7 Å². The van der Waals surface area contributed by atoms with Crippen LogP contribution in [0.4, 0.5) is 8.78 Å². The lowest BCUT2D eigenvalue weighted by atomic mass is 10.1. The van der Waals surface area contributed by atoms with Crippen molar-refractivity contribution in [1.29, 1.82) is 0 Å². The number of hydrogen-bond acceptors (Lipinski definition) is 1. The number of fused-ring (bicyclic) bond motifs is 1. The summed E-state index contributed by atoms with van der Waals surface area (Å²) in [6.07, 6.45) is -2.37. The molecule has 74 valence electrons. The van der Waals surface area contributed by atoms with Gasteiger partial charge in [0.25, 0.3) is 6.43 Å². The van der Waals surface area contributed by atoms with Gasteiger partial charge >= 0.3 is 0 Å². The molecule has 14 heavy (non-hydrogen) atoms. The van der Waals surface area contributed by atoms with E-state index in [0.717, 1.165) is 14.6 Å². The predicted octanol–water partition coefficient (Wildman–Crippen LogP) is 4.91. The average molecular weight is 277 g/mol. The highest BCUT2D eigenvalue weighted by Crippen LogP contribution is 2.37. The van der Waals surface area contributed by atoms with Gasteiger partial charge in [0, 0.05) is 9.17 Å². The Kier molecular flexibility index (Phi) is 2.58. The molecule has 0 atom stereocenters. The summed E-state index contributed by atoms with van der Waals surface area (Å²) in [5.74, 6) is 0. The van der Waals surface area contributed by atoms with E-state index in [2.05, 4.69) is 15.9 Å². The maximum atomic E-state index is 12.6. The van der Waals surface area contributed by atoms with Crippen molar-refractivity contribution in [2.24, 2.45) is 0 Å². The van der Waals surface area contributed by atoms with Gasteiger partial charge < -0.3 is 0 Å². The van der Waals surface area contributed by atoms with E-state index in [1.807, 2.05) is 18.2 Å². The van der Waals surface area contributed by atoms with Crippen LogP contribution in [0.25, 0.3) is 10.1 Å². The fourth-order valence-corrected chi connectivity index (χ4v) is 2.83. The minimum absolute atomic E-state index is 0.179. The van der Waals surface area contributed by atoms with E-state index in [4.69, 9.17) is 0 Å². The molecule has 0 saturated heterocycles. The van der Waals surface area contributed by atoms with Crippen molar-refractivity contribution in [3.05, 3.63) is 33.1 Å². The summed E-state index contributed by atoms with van der Waals surface area (Å²) in [5, 5.41) is 0.916. The summed E-state index contributed by atoms with van der Waals surface area (Å²) in [7, 11) is 0. The van der Waals surface area contributed by atoms with Crippen molar-refractivity contribution in [2.45, 2.75) is 13.3 Å². The van der Waals surface area contributed by atoms with Crippen molar-refractivity contribution < 1.29 is 8.78 Å². The average Bonchev–Trinajstić information content (AvgIpc) is 2.44. The van der Waals surface area contributed by atoms with Gasteiger partial charge in [-0.1, -0.05) is 15.9 Å². The van der Waals surface area contributed by atoms with E-state index in [0.29, 0.717) is 5.56 Å². The third kappa shape index (κ3) is 1.57. The highest BCUT2D eigenvalue weighted by atomic mass is 79.9. The molecule has 0 saturated carbocycles. The van der Waals surface area contributed by atoms with Gasteiger partial charge in [-0.15, -0.1) is 11.3 Å². The summed E-state index contributed by atoms with van der Waals surface area (Å²) in [4.78, 5) is 0.179. The first kappa shape index (κ1) is 10.1. The zero-order valence-corrected chi connectivity index (χ0v) is 9.75. The molecule has 2 rings (SSSR count). The zero-order valence-electron chi connectivity index (χ0n) is 7.35. The van der Waals surface area contributed by atoms with Gasteiger partial charge in [0.2, 0.25) is 0 Å². The normalized spacial score (nSPS) is 11.5. The van der Waals surface area contributed by atoms with Gasteiger partial charge in [0.05, 0.1) is 4.88 Å². The number of benzene rings is 1. The lowest BCUT2D eigenvalue weighted by Gasteiger charge is -1.95. The van der Waals surface area contributed by atoms with Crippen molar-refractivity contribution in [2.75, 3.05) is 0 Å². The van der Waals surface area contributed by atoms with E-state index in [9.17, 15) is 8.78 Å². The molecule has 1 aromatic heterocycles. The molecular weight excluding hydrogens is 270 g/mol. The number of aryl methyl sites for hydroxylation is 1. The summed E-state index contributed by atoms with van der Waals surface area (Å²) in [6.45, 7) is 1.74. The van der Waals surface area contributed by atoms with Gasteiger partial charge in [-0.3, -0.25) is 0 Å². The molecule has 0 N–H and O–H groups in total. The van der Waals surface area contributed by atoms with E-state index < -0.39 is 6.43 Å². The monoisotopic (exact) mass is 276 g/mol. The second-order valence-electron chi connectivity index (χ2n) is 3.03. The zero-order chi connectivity index (χ0) is 10.3. The van der Waals surface area contributed by atoms with E-state index in [1.54, 1.807) is 6.92 Å². The number of rotatable bonds is 1. The second kappa shape index (κ2) is 3.59. The van der Waals surface area contributed by atoms with Gasteiger partial charge in [-0.2, -0.15) is 0 Å². The highest BCUT2D eigenvalue weighted by molar-refractivity contribution is 9.10. The van der Waals surface area contributed by atoms with Crippen LogP contribution in [0.2, 0.25) is 0 Å². The third-order valence-electron chi connectivity index (χ3n) is 2.13. The lowest BCUT2D eigenvalue weighted by Crippen LogP contribution is -1.80. The van der Waals surface area contributed by atoms with E-state index in [-0.39, 0.29) is 4.88 Å². The first-order chi connectivity index (χ1) is 6.59. The van der Waals surface area contributed by atoms with Gasteiger partial charge in [-0.05, 0) is 36.1 Å². The summed E-state index contributed by atoms with van der Waals surface area (Å²) in [6, 6.07) is 5.61. The molecule has 4 heteroatoms. The molecule has 0 amide bonds. The number of hydrogen-bond donors (Lipinski definition) is 0. The molecule has 0 bridgehead atoms.